The molecule has 0 unspecified atom stereocenters. The summed E-state index contributed by atoms with van der Waals surface area (Å²) in [5, 5.41) is 14.4. The maximum Gasteiger partial charge on any atom is 0.246 e. The van der Waals surface area contributed by atoms with E-state index in [1.165, 1.54) is 26.0 Å². The molecule has 0 saturated carbocycles. The van der Waals surface area contributed by atoms with Gasteiger partial charge < -0.3 is 19.5 Å². The van der Waals surface area contributed by atoms with Crippen LogP contribution >= 0.6 is 0 Å². The highest BCUT2D eigenvalue weighted by Crippen LogP contribution is 2.39. The van der Waals surface area contributed by atoms with Crippen molar-refractivity contribution < 1.29 is 19.0 Å². The van der Waals surface area contributed by atoms with E-state index >= 15 is 0 Å². The minimum Gasteiger partial charge on any atom is -0.493 e. The summed E-state index contributed by atoms with van der Waals surface area (Å²) < 4.78 is 17.3. The van der Waals surface area contributed by atoms with Gasteiger partial charge in [0, 0.05) is 23.4 Å². The molecule has 0 fully saturated rings. The van der Waals surface area contributed by atoms with Crippen LogP contribution in [0.1, 0.15) is 5.56 Å². The van der Waals surface area contributed by atoms with Gasteiger partial charge in [-0.2, -0.15) is 0 Å². The van der Waals surface area contributed by atoms with Gasteiger partial charge in [0.1, 0.15) is 6.54 Å². The van der Waals surface area contributed by atoms with Crippen LogP contribution in [-0.2, 0) is 11.3 Å². The number of nitrogens with one attached hydrogen (secondary N) is 1. The van der Waals surface area contributed by atoms with Gasteiger partial charge in [-0.3, -0.25) is 4.79 Å². The Morgan fingerprint density at radius 2 is 1.68 bits per heavy atom. The van der Waals surface area contributed by atoms with Crippen LogP contribution in [0.5, 0.6) is 17.2 Å². The first-order chi connectivity index (χ1) is 13.5. The van der Waals surface area contributed by atoms with E-state index in [1.807, 2.05) is 31.2 Å². The third-order valence-corrected chi connectivity index (χ3v) is 4.08. The summed E-state index contributed by atoms with van der Waals surface area (Å²) in [6, 6.07) is 11.1. The quantitative estimate of drug-likeness (QED) is 0.668. The van der Waals surface area contributed by atoms with Gasteiger partial charge in [0.05, 0.1) is 21.3 Å². The smallest absolute Gasteiger partial charge is 0.246 e. The molecule has 1 heterocycles. The van der Waals surface area contributed by atoms with Crippen molar-refractivity contribution in [1.82, 2.24) is 20.2 Å². The number of anilines is 1. The zero-order valence-electron chi connectivity index (χ0n) is 16.1. The van der Waals surface area contributed by atoms with E-state index in [-0.39, 0.29) is 12.5 Å². The van der Waals surface area contributed by atoms with Gasteiger partial charge in [-0.05, 0) is 17.4 Å². The van der Waals surface area contributed by atoms with Crippen molar-refractivity contribution in [1.29, 1.82) is 0 Å². The SMILES string of the molecule is COc1cc(NC(=O)Cn2nnnc2-c2ccc(C)cc2)cc(OC)c1OC. The highest BCUT2D eigenvalue weighted by Gasteiger charge is 2.16. The second kappa shape index (κ2) is 8.38. The molecule has 1 amide bonds. The van der Waals surface area contributed by atoms with Crippen LogP contribution in [0.2, 0.25) is 0 Å². The van der Waals surface area contributed by atoms with Crippen LogP contribution in [0.4, 0.5) is 5.69 Å². The van der Waals surface area contributed by atoms with Crippen LogP contribution in [0.15, 0.2) is 36.4 Å². The Kier molecular flexibility index (Phi) is 5.73. The van der Waals surface area contributed by atoms with E-state index in [2.05, 4.69) is 20.8 Å². The predicted molar refractivity (Wildman–Crippen MR) is 103 cm³/mol. The third kappa shape index (κ3) is 4.03. The second-order valence-electron chi connectivity index (χ2n) is 5.99. The number of methoxy groups -OCH3 is 3. The zero-order valence-corrected chi connectivity index (χ0v) is 16.1. The summed E-state index contributed by atoms with van der Waals surface area (Å²) in [5.74, 6) is 1.56. The minimum atomic E-state index is -0.296. The highest BCUT2D eigenvalue weighted by molar-refractivity contribution is 5.91. The molecule has 1 N–H and O–H groups in total. The lowest BCUT2D eigenvalue weighted by atomic mass is 10.1. The predicted octanol–water partition coefficient (Wildman–Crippen LogP) is 2.31. The summed E-state index contributed by atoms with van der Waals surface area (Å²) in [6.07, 6.45) is 0. The molecule has 9 nitrogen and oxygen atoms in total. The average Bonchev–Trinajstić information content (AvgIpc) is 3.15. The molecular weight excluding hydrogens is 362 g/mol. The molecule has 3 rings (SSSR count). The molecular formula is C19H21N5O4. The van der Waals surface area contributed by atoms with Crippen LogP contribution in [-0.4, -0.2) is 47.4 Å². The largest absolute Gasteiger partial charge is 0.493 e. The van der Waals surface area contributed by atoms with Gasteiger partial charge in [0.25, 0.3) is 0 Å². The Balaban J connectivity index is 1.79. The Morgan fingerprint density at radius 3 is 2.25 bits per heavy atom. The van der Waals surface area contributed by atoms with E-state index < -0.39 is 0 Å². The standard InChI is InChI=1S/C19H21N5O4/c1-12-5-7-13(8-6-12)19-21-22-23-24(19)11-17(25)20-14-9-15(26-2)18(28-4)16(10-14)27-3/h5-10H,11H2,1-4H3,(H,20,25). The van der Waals surface area contributed by atoms with Crippen molar-refractivity contribution in [3.63, 3.8) is 0 Å². The third-order valence-electron chi connectivity index (χ3n) is 4.08. The maximum atomic E-state index is 12.5. The van der Waals surface area contributed by atoms with Crippen molar-refractivity contribution in [2.45, 2.75) is 13.5 Å². The molecule has 0 aliphatic carbocycles. The minimum absolute atomic E-state index is 0.0487. The lowest BCUT2D eigenvalue weighted by molar-refractivity contribution is -0.116. The number of carbonyl (C=O) groups is 1. The normalized spacial score (nSPS) is 10.4. The van der Waals surface area contributed by atoms with E-state index in [1.54, 1.807) is 12.1 Å². The van der Waals surface area contributed by atoms with Gasteiger partial charge in [-0.25, -0.2) is 4.68 Å². The van der Waals surface area contributed by atoms with Gasteiger partial charge in [0.2, 0.25) is 11.7 Å². The molecule has 9 heteroatoms. The van der Waals surface area contributed by atoms with Crippen molar-refractivity contribution in [2.24, 2.45) is 0 Å². The van der Waals surface area contributed by atoms with E-state index in [4.69, 9.17) is 14.2 Å². The van der Waals surface area contributed by atoms with Gasteiger partial charge >= 0.3 is 0 Å². The lowest BCUT2D eigenvalue weighted by Gasteiger charge is -2.14. The molecule has 28 heavy (non-hydrogen) atoms. The molecule has 3 aromatic rings. The fourth-order valence-electron chi connectivity index (χ4n) is 2.71. The monoisotopic (exact) mass is 383 g/mol. The first-order valence-electron chi connectivity index (χ1n) is 8.48. The topological polar surface area (TPSA) is 100 Å². The van der Waals surface area contributed by atoms with Crippen molar-refractivity contribution in [3.05, 3.63) is 42.0 Å². The maximum absolute atomic E-state index is 12.5. The Morgan fingerprint density at radius 1 is 1.04 bits per heavy atom. The molecule has 0 atom stereocenters. The van der Waals surface area contributed by atoms with Crippen LogP contribution < -0.4 is 19.5 Å². The van der Waals surface area contributed by atoms with E-state index in [0.29, 0.717) is 28.8 Å². The first-order valence-corrected chi connectivity index (χ1v) is 8.48. The van der Waals surface area contributed by atoms with E-state index in [9.17, 15) is 4.79 Å². The fraction of sp³-hybridized carbons (Fsp3) is 0.263. The van der Waals surface area contributed by atoms with Crippen LogP contribution in [0, 0.1) is 6.92 Å². The zero-order chi connectivity index (χ0) is 20.1. The fourth-order valence-corrected chi connectivity index (χ4v) is 2.71. The summed E-state index contributed by atoms with van der Waals surface area (Å²) in [5.41, 5.74) is 2.46. The van der Waals surface area contributed by atoms with Crippen LogP contribution in [0.25, 0.3) is 11.4 Å². The second-order valence-corrected chi connectivity index (χ2v) is 5.99. The number of hydrogen-bond acceptors (Lipinski definition) is 7. The molecule has 2 aromatic carbocycles. The summed E-state index contributed by atoms with van der Waals surface area (Å²) in [4.78, 5) is 12.5. The van der Waals surface area contributed by atoms with E-state index in [0.717, 1.165) is 11.1 Å². The number of aryl methyl sites for hydroxylation is 1. The number of ether oxygens (including phenoxy) is 3. The number of aromatic nitrogens is 4. The summed E-state index contributed by atoms with van der Waals surface area (Å²) >= 11 is 0. The number of nitrogens with zero attached hydrogens (tertiary/aromatic N) is 4. The Bertz CT molecular complexity index is 944. The molecule has 1 aromatic heterocycles. The van der Waals surface area contributed by atoms with Gasteiger partial charge in [-0.15, -0.1) is 5.10 Å². The molecule has 0 aliphatic heterocycles. The number of hydrogen-bond donors (Lipinski definition) is 1. The first kappa shape index (κ1) is 19.2. The molecule has 0 spiro atoms. The average molecular weight is 383 g/mol. The van der Waals surface area contributed by atoms with Gasteiger partial charge in [-0.1, -0.05) is 29.8 Å². The number of tetrazole rings is 1. The molecule has 0 radical (unpaired) electrons. The number of rotatable bonds is 7. The Labute approximate surface area is 162 Å². The molecule has 0 aliphatic rings. The highest BCUT2D eigenvalue weighted by atomic mass is 16.5. The molecule has 146 valence electrons. The van der Waals surface area contributed by atoms with Crippen molar-refractivity contribution >= 4 is 11.6 Å². The number of carbonyl (C=O) groups excluding carboxylic acids is 1. The van der Waals surface area contributed by atoms with Crippen molar-refractivity contribution in [2.75, 3.05) is 26.6 Å². The molecule has 0 bridgehead atoms. The number of benzene rings is 2. The lowest BCUT2D eigenvalue weighted by Crippen LogP contribution is -2.20. The Hall–Kier alpha value is -3.62. The summed E-state index contributed by atoms with van der Waals surface area (Å²) in [7, 11) is 4.54. The number of amides is 1. The van der Waals surface area contributed by atoms with Crippen LogP contribution in [0.3, 0.4) is 0 Å². The molecule has 0 saturated heterocycles. The van der Waals surface area contributed by atoms with Gasteiger partial charge in [0.15, 0.2) is 17.3 Å². The van der Waals surface area contributed by atoms with Crippen molar-refractivity contribution in [3.8, 4) is 28.6 Å². The summed E-state index contributed by atoms with van der Waals surface area (Å²) in [6.45, 7) is 1.95.